The van der Waals surface area contributed by atoms with Crippen molar-refractivity contribution in [3.05, 3.63) is 35.4 Å². The van der Waals surface area contributed by atoms with Gasteiger partial charge in [0.2, 0.25) is 10.0 Å². The second-order valence-electron chi connectivity index (χ2n) is 4.26. The van der Waals surface area contributed by atoms with Gasteiger partial charge in [-0.05, 0) is 17.7 Å². The van der Waals surface area contributed by atoms with E-state index in [-0.39, 0.29) is 24.4 Å². The summed E-state index contributed by atoms with van der Waals surface area (Å²) in [6.07, 6.45) is 0. The van der Waals surface area contributed by atoms with Gasteiger partial charge in [-0.3, -0.25) is 4.79 Å². The number of hydrogen-bond acceptors (Lipinski definition) is 5. The van der Waals surface area contributed by atoms with Crippen LogP contribution in [0.5, 0.6) is 0 Å². The number of carboxylic acids is 1. The number of carbonyl (C=O) groups is 2. The fourth-order valence-corrected chi connectivity index (χ4v) is 3.15. The summed E-state index contributed by atoms with van der Waals surface area (Å²) in [5, 5.41) is 8.78. The molecular formula is C13H17NO6S. The maximum absolute atomic E-state index is 12.2. The number of likely N-dealkylation sites (N-methyl/N-ethyl adjacent to an activating group) is 1. The number of nitrogens with zero attached hydrogens (tertiary/aromatic N) is 1. The van der Waals surface area contributed by atoms with Crippen molar-refractivity contribution in [3.63, 3.8) is 0 Å². The molecule has 1 rings (SSSR count). The normalized spacial score (nSPS) is 11.4. The quantitative estimate of drug-likeness (QED) is 0.744. The Labute approximate surface area is 123 Å². The molecule has 8 heteroatoms. The van der Waals surface area contributed by atoms with Gasteiger partial charge in [-0.2, -0.15) is 4.31 Å². The first-order chi connectivity index (χ1) is 9.80. The molecule has 1 aromatic rings. The summed E-state index contributed by atoms with van der Waals surface area (Å²) in [6, 6.07) is 5.55. The molecule has 0 radical (unpaired) electrons. The first-order valence-corrected chi connectivity index (χ1v) is 7.78. The van der Waals surface area contributed by atoms with Crippen LogP contribution in [0.3, 0.4) is 0 Å². The number of methoxy groups -OCH3 is 1. The second kappa shape index (κ2) is 7.19. The number of hydrogen-bond donors (Lipinski definition) is 1. The maximum atomic E-state index is 12.2. The predicted molar refractivity (Wildman–Crippen MR) is 75.3 cm³/mol. The fourth-order valence-electron chi connectivity index (χ4n) is 1.66. The Bertz CT molecular complexity index is 608. The van der Waals surface area contributed by atoms with Gasteiger partial charge in [0.1, 0.15) is 6.54 Å². The first kappa shape index (κ1) is 17.1. The molecule has 21 heavy (non-hydrogen) atoms. The fraction of sp³-hybridized carbons (Fsp3) is 0.385. The van der Waals surface area contributed by atoms with Gasteiger partial charge in [0.15, 0.2) is 0 Å². The lowest BCUT2D eigenvalue weighted by Gasteiger charge is -2.19. The highest BCUT2D eigenvalue weighted by molar-refractivity contribution is 7.88. The van der Waals surface area contributed by atoms with Crippen LogP contribution in [0.2, 0.25) is 0 Å². The molecule has 0 aliphatic heterocycles. The van der Waals surface area contributed by atoms with Crippen LogP contribution >= 0.6 is 0 Å². The number of sulfonamides is 1. The molecule has 1 aromatic carbocycles. The minimum absolute atomic E-state index is 0.0815. The van der Waals surface area contributed by atoms with Crippen molar-refractivity contribution >= 4 is 22.0 Å². The molecule has 0 saturated carbocycles. The summed E-state index contributed by atoms with van der Waals surface area (Å²) >= 11 is 0. The molecule has 0 aliphatic carbocycles. The van der Waals surface area contributed by atoms with E-state index in [1.165, 1.54) is 31.4 Å². The highest BCUT2D eigenvalue weighted by Gasteiger charge is 2.23. The lowest BCUT2D eigenvalue weighted by molar-refractivity contribution is -0.140. The van der Waals surface area contributed by atoms with E-state index in [0.29, 0.717) is 5.56 Å². The largest absolute Gasteiger partial charge is 0.478 e. The summed E-state index contributed by atoms with van der Waals surface area (Å²) in [5.74, 6) is -2.02. The molecule has 0 heterocycles. The van der Waals surface area contributed by atoms with Crippen molar-refractivity contribution in [2.75, 3.05) is 20.2 Å². The molecule has 0 fully saturated rings. The average Bonchev–Trinajstić information content (AvgIpc) is 2.44. The Morgan fingerprint density at radius 3 is 2.24 bits per heavy atom. The number of carbonyl (C=O) groups excluding carboxylic acids is 1. The third-order valence-electron chi connectivity index (χ3n) is 2.83. The Kier molecular flexibility index (Phi) is 5.86. The molecule has 0 amide bonds. The van der Waals surface area contributed by atoms with E-state index in [1.807, 2.05) is 0 Å². The Morgan fingerprint density at radius 2 is 1.81 bits per heavy atom. The van der Waals surface area contributed by atoms with Crippen molar-refractivity contribution < 1.29 is 27.9 Å². The third-order valence-corrected chi connectivity index (χ3v) is 4.70. The highest BCUT2D eigenvalue weighted by Crippen LogP contribution is 2.12. The van der Waals surface area contributed by atoms with Crippen molar-refractivity contribution in [1.29, 1.82) is 0 Å². The zero-order valence-corrected chi connectivity index (χ0v) is 12.6. The van der Waals surface area contributed by atoms with Crippen LogP contribution in [-0.4, -0.2) is 50.0 Å². The van der Waals surface area contributed by atoms with E-state index >= 15 is 0 Å². The Morgan fingerprint density at radius 1 is 1.24 bits per heavy atom. The monoisotopic (exact) mass is 315 g/mol. The van der Waals surface area contributed by atoms with Gasteiger partial charge in [-0.1, -0.05) is 19.1 Å². The second-order valence-corrected chi connectivity index (χ2v) is 6.23. The number of aromatic carboxylic acids is 1. The molecule has 0 saturated heterocycles. The smallest absolute Gasteiger partial charge is 0.335 e. The van der Waals surface area contributed by atoms with E-state index in [4.69, 9.17) is 5.11 Å². The van der Waals surface area contributed by atoms with E-state index in [9.17, 15) is 18.0 Å². The number of ether oxygens (including phenoxy) is 1. The maximum Gasteiger partial charge on any atom is 0.335 e. The van der Waals surface area contributed by atoms with Gasteiger partial charge in [0.05, 0.1) is 18.4 Å². The SMILES string of the molecule is CCN(CC(=O)OC)S(=O)(=O)Cc1ccc(C(=O)O)cc1. The van der Waals surface area contributed by atoms with Crippen molar-refractivity contribution in [2.45, 2.75) is 12.7 Å². The van der Waals surface area contributed by atoms with Crippen LogP contribution in [0, 0.1) is 0 Å². The average molecular weight is 315 g/mol. The minimum atomic E-state index is -3.68. The van der Waals surface area contributed by atoms with Crippen LogP contribution in [0.4, 0.5) is 0 Å². The molecule has 0 aromatic heterocycles. The lowest BCUT2D eigenvalue weighted by atomic mass is 10.1. The molecule has 0 bridgehead atoms. The third kappa shape index (κ3) is 4.83. The van der Waals surface area contributed by atoms with Crippen molar-refractivity contribution in [2.24, 2.45) is 0 Å². The Balaban J connectivity index is 2.87. The number of rotatable bonds is 7. The minimum Gasteiger partial charge on any atom is -0.478 e. The molecule has 0 unspecified atom stereocenters. The van der Waals surface area contributed by atoms with Gasteiger partial charge >= 0.3 is 11.9 Å². The molecular weight excluding hydrogens is 298 g/mol. The van der Waals surface area contributed by atoms with E-state index < -0.39 is 22.0 Å². The summed E-state index contributed by atoms with van der Waals surface area (Å²) in [5.41, 5.74) is 0.529. The first-order valence-electron chi connectivity index (χ1n) is 6.17. The molecule has 0 atom stereocenters. The van der Waals surface area contributed by atoms with Crippen molar-refractivity contribution in [1.82, 2.24) is 4.31 Å². The molecule has 0 aliphatic rings. The van der Waals surface area contributed by atoms with Gasteiger partial charge < -0.3 is 9.84 Å². The van der Waals surface area contributed by atoms with Crippen molar-refractivity contribution in [3.8, 4) is 0 Å². The topological polar surface area (TPSA) is 101 Å². The number of benzene rings is 1. The number of carboxylic acid groups (broad SMARTS) is 1. The van der Waals surface area contributed by atoms with E-state index in [0.717, 1.165) is 4.31 Å². The highest BCUT2D eigenvalue weighted by atomic mass is 32.2. The molecule has 0 spiro atoms. The molecule has 7 nitrogen and oxygen atoms in total. The van der Waals surface area contributed by atoms with Crippen LogP contribution < -0.4 is 0 Å². The summed E-state index contributed by atoms with van der Waals surface area (Å²) in [7, 11) is -2.49. The van der Waals surface area contributed by atoms with E-state index in [1.54, 1.807) is 6.92 Å². The standard InChI is InChI=1S/C13H17NO6S/c1-3-14(8-12(15)20-2)21(18,19)9-10-4-6-11(7-5-10)13(16)17/h4-7H,3,8-9H2,1-2H3,(H,16,17). The van der Waals surface area contributed by atoms with Gasteiger partial charge in [0.25, 0.3) is 0 Å². The van der Waals surface area contributed by atoms with Crippen LogP contribution in [0.1, 0.15) is 22.8 Å². The lowest BCUT2D eigenvalue weighted by Crippen LogP contribution is -2.36. The summed E-state index contributed by atoms with van der Waals surface area (Å²) in [6.45, 7) is 1.42. The van der Waals surface area contributed by atoms with E-state index in [2.05, 4.69) is 4.74 Å². The van der Waals surface area contributed by atoms with Gasteiger partial charge in [-0.15, -0.1) is 0 Å². The van der Waals surface area contributed by atoms with Gasteiger partial charge in [0, 0.05) is 6.54 Å². The predicted octanol–water partition coefficient (Wildman–Crippen LogP) is 0.710. The van der Waals surface area contributed by atoms with Crippen LogP contribution in [-0.2, 0) is 25.3 Å². The zero-order chi connectivity index (χ0) is 16.0. The van der Waals surface area contributed by atoms with Gasteiger partial charge in [-0.25, -0.2) is 13.2 Å². The molecule has 116 valence electrons. The summed E-state index contributed by atoms with van der Waals surface area (Å²) in [4.78, 5) is 21.9. The Hall–Kier alpha value is -1.93. The molecule has 1 N–H and O–H groups in total. The van der Waals surface area contributed by atoms with Crippen LogP contribution in [0.25, 0.3) is 0 Å². The number of esters is 1. The zero-order valence-electron chi connectivity index (χ0n) is 11.8. The van der Waals surface area contributed by atoms with Crippen LogP contribution in [0.15, 0.2) is 24.3 Å². The summed E-state index contributed by atoms with van der Waals surface area (Å²) < 4.78 is 29.9.